The van der Waals surface area contributed by atoms with Crippen molar-refractivity contribution in [3.63, 3.8) is 0 Å². The van der Waals surface area contributed by atoms with Gasteiger partial charge in [0.05, 0.1) is 6.10 Å². The van der Waals surface area contributed by atoms with E-state index in [-0.39, 0.29) is 6.10 Å². The number of nitrogens with zero attached hydrogens (tertiary/aromatic N) is 3. The van der Waals surface area contributed by atoms with Crippen molar-refractivity contribution in [2.24, 2.45) is 0 Å². The van der Waals surface area contributed by atoms with Gasteiger partial charge in [-0.1, -0.05) is 37.3 Å². The first kappa shape index (κ1) is 17.4. The maximum atomic E-state index is 10.4. The summed E-state index contributed by atoms with van der Waals surface area (Å²) >= 11 is 0. The minimum Gasteiger partial charge on any atom is -0.390 e. The van der Waals surface area contributed by atoms with Gasteiger partial charge in [-0.05, 0) is 38.7 Å². The zero-order valence-electron chi connectivity index (χ0n) is 14.1. The first-order chi connectivity index (χ1) is 10.7. The molecule has 0 bridgehead atoms. The van der Waals surface area contributed by atoms with E-state index in [1.165, 1.54) is 18.5 Å². The molecule has 0 spiro atoms. The van der Waals surface area contributed by atoms with Crippen LogP contribution in [0, 0.1) is 0 Å². The van der Waals surface area contributed by atoms with Crippen LogP contribution < -0.4 is 0 Å². The highest BCUT2D eigenvalue weighted by molar-refractivity contribution is 5.14. The molecule has 0 radical (unpaired) electrons. The van der Waals surface area contributed by atoms with E-state index in [2.05, 4.69) is 52.9 Å². The lowest BCUT2D eigenvalue weighted by Crippen LogP contribution is -2.40. The normalized spacial score (nSPS) is 19.3. The molecule has 0 aromatic heterocycles. The van der Waals surface area contributed by atoms with Crippen LogP contribution in [0.1, 0.15) is 18.9 Å². The van der Waals surface area contributed by atoms with Crippen molar-refractivity contribution in [2.45, 2.75) is 26.0 Å². The van der Waals surface area contributed by atoms with E-state index < -0.39 is 0 Å². The van der Waals surface area contributed by atoms with Crippen LogP contribution >= 0.6 is 0 Å². The first-order valence-corrected chi connectivity index (χ1v) is 8.52. The molecule has 1 saturated heterocycles. The summed E-state index contributed by atoms with van der Waals surface area (Å²) in [5, 5.41) is 10.4. The zero-order valence-corrected chi connectivity index (χ0v) is 14.1. The van der Waals surface area contributed by atoms with Crippen molar-refractivity contribution in [1.82, 2.24) is 14.7 Å². The van der Waals surface area contributed by atoms with Crippen LogP contribution in [-0.2, 0) is 6.54 Å². The predicted molar refractivity (Wildman–Crippen MR) is 92.0 cm³/mol. The van der Waals surface area contributed by atoms with E-state index in [0.29, 0.717) is 0 Å². The molecule has 2 rings (SSSR count). The molecule has 1 aliphatic rings. The average molecular weight is 305 g/mol. The van der Waals surface area contributed by atoms with Gasteiger partial charge in [0.15, 0.2) is 0 Å². The summed E-state index contributed by atoms with van der Waals surface area (Å²) < 4.78 is 0. The van der Waals surface area contributed by atoms with Crippen LogP contribution in [0.3, 0.4) is 0 Å². The summed E-state index contributed by atoms with van der Waals surface area (Å²) in [6.45, 7) is 10.3. The van der Waals surface area contributed by atoms with Crippen molar-refractivity contribution in [3.05, 3.63) is 35.9 Å². The van der Waals surface area contributed by atoms with Crippen LogP contribution in [0.2, 0.25) is 0 Å². The SMILES string of the molecule is CCN1CCCN(CC(O)CN(C)Cc2ccccc2)CC1. The highest BCUT2D eigenvalue weighted by Gasteiger charge is 2.17. The van der Waals surface area contributed by atoms with E-state index in [4.69, 9.17) is 0 Å². The van der Waals surface area contributed by atoms with Gasteiger partial charge in [0, 0.05) is 32.7 Å². The Bertz CT molecular complexity index is 412. The smallest absolute Gasteiger partial charge is 0.0793 e. The quantitative estimate of drug-likeness (QED) is 0.827. The fourth-order valence-corrected chi connectivity index (χ4v) is 3.20. The maximum Gasteiger partial charge on any atom is 0.0793 e. The number of β-amino-alcohol motifs (C(OH)–C–C–N with tert-alkyl or cyclic N) is 1. The van der Waals surface area contributed by atoms with Crippen LogP contribution in [0.25, 0.3) is 0 Å². The molecule has 4 nitrogen and oxygen atoms in total. The number of benzene rings is 1. The zero-order chi connectivity index (χ0) is 15.8. The predicted octanol–water partition coefficient (Wildman–Crippen LogP) is 1.51. The fourth-order valence-electron chi connectivity index (χ4n) is 3.20. The lowest BCUT2D eigenvalue weighted by atomic mass is 10.2. The molecular formula is C18H31N3O. The third-order valence-corrected chi connectivity index (χ3v) is 4.42. The molecule has 1 aromatic rings. The number of aliphatic hydroxyl groups is 1. The summed E-state index contributed by atoms with van der Waals surface area (Å²) in [6.07, 6.45) is 0.933. The minimum absolute atomic E-state index is 0.276. The topological polar surface area (TPSA) is 30.0 Å². The summed E-state index contributed by atoms with van der Waals surface area (Å²) in [5.41, 5.74) is 1.30. The second-order valence-corrected chi connectivity index (χ2v) is 6.42. The highest BCUT2D eigenvalue weighted by Crippen LogP contribution is 2.06. The molecule has 124 valence electrons. The molecule has 0 saturated carbocycles. The number of likely N-dealkylation sites (N-methyl/N-ethyl adjacent to an activating group) is 2. The molecule has 1 aliphatic heterocycles. The Kier molecular flexibility index (Phi) is 7.33. The van der Waals surface area contributed by atoms with E-state index in [1.807, 2.05) is 6.07 Å². The summed E-state index contributed by atoms with van der Waals surface area (Å²) in [7, 11) is 2.08. The van der Waals surface area contributed by atoms with Crippen LogP contribution in [-0.4, -0.2) is 78.8 Å². The second kappa shape index (κ2) is 9.26. The fraction of sp³-hybridized carbons (Fsp3) is 0.667. The Morgan fingerprint density at radius 3 is 2.50 bits per heavy atom. The standard InChI is InChI=1S/C18H31N3O/c1-3-20-10-7-11-21(13-12-20)16-18(22)15-19(2)14-17-8-5-4-6-9-17/h4-6,8-9,18,22H,3,7,10-16H2,1-2H3. The molecule has 22 heavy (non-hydrogen) atoms. The molecule has 4 heteroatoms. The number of aliphatic hydroxyl groups excluding tert-OH is 1. The van der Waals surface area contributed by atoms with Crippen LogP contribution in [0.4, 0.5) is 0 Å². The van der Waals surface area contributed by atoms with E-state index in [1.54, 1.807) is 0 Å². The Balaban J connectivity index is 1.71. The first-order valence-electron chi connectivity index (χ1n) is 8.52. The molecule has 1 unspecified atom stereocenters. The van der Waals surface area contributed by atoms with Gasteiger partial charge in [-0.25, -0.2) is 0 Å². The molecule has 1 heterocycles. The summed E-state index contributed by atoms with van der Waals surface area (Å²) in [6, 6.07) is 10.4. The number of hydrogen-bond acceptors (Lipinski definition) is 4. The van der Waals surface area contributed by atoms with Crippen molar-refractivity contribution in [3.8, 4) is 0 Å². The molecule has 1 atom stereocenters. The average Bonchev–Trinajstić information content (AvgIpc) is 2.73. The number of rotatable bonds is 7. The Labute approximate surface area is 135 Å². The summed E-state index contributed by atoms with van der Waals surface area (Å²) in [4.78, 5) is 7.11. The summed E-state index contributed by atoms with van der Waals surface area (Å²) in [5.74, 6) is 0. The van der Waals surface area contributed by atoms with Gasteiger partial charge in [-0.2, -0.15) is 0 Å². The molecule has 1 N–H and O–H groups in total. The van der Waals surface area contributed by atoms with E-state index in [9.17, 15) is 5.11 Å². The lowest BCUT2D eigenvalue weighted by Gasteiger charge is -2.26. The largest absolute Gasteiger partial charge is 0.390 e. The van der Waals surface area contributed by atoms with Crippen molar-refractivity contribution in [2.75, 3.05) is 52.9 Å². The van der Waals surface area contributed by atoms with Gasteiger partial charge in [-0.15, -0.1) is 0 Å². The Hall–Kier alpha value is -0.940. The highest BCUT2D eigenvalue weighted by atomic mass is 16.3. The molecule has 0 aliphatic carbocycles. The van der Waals surface area contributed by atoms with Gasteiger partial charge in [0.2, 0.25) is 0 Å². The number of hydrogen-bond donors (Lipinski definition) is 1. The lowest BCUT2D eigenvalue weighted by molar-refractivity contribution is 0.0811. The monoisotopic (exact) mass is 305 g/mol. The maximum absolute atomic E-state index is 10.4. The Morgan fingerprint density at radius 2 is 1.77 bits per heavy atom. The van der Waals surface area contributed by atoms with Crippen molar-refractivity contribution in [1.29, 1.82) is 0 Å². The molecule has 0 amide bonds. The van der Waals surface area contributed by atoms with Gasteiger partial charge >= 0.3 is 0 Å². The van der Waals surface area contributed by atoms with Crippen LogP contribution in [0.5, 0.6) is 0 Å². The van der Waals surface area contributed by atoms with Gasteiger partial charge < -0.3 is 10.0 Å². The minimum atomic E-state index is -0.276. The second-order valence-electron chi connectivity index (χ2n) is 6.42. The Morgan fingerprint density at radius 1 is 1.09 bits per heavy atom. The van der Waals surface area contributed by atoms with Gasteiger partial charge in [-0.3, -0.25) is 9.80 Å². The van der Waals surface area contributed by atoms with E-state index in [0.717, 1.165) is 45.8 Å². The van der Waals surface area contributed by atoms with E-state index >= 15 is 0 Å². The third-order valence-electron chi connectivity index (χ3n) is 4.42. The molecular weight excluding hydrogens is 274 g/mol. The molecule has 1 aromatic carbocycles. The van der Waals surface area contributed by atoms with Crippen LogP contribution in [0.15, 0.2) is 30.3 Å². The molecule has 1 fully saturated rings. The third kappa shape index (κ3) is 6.05. The van der Waals surface area contributed by atoms with Gasteiger partial charge in [0.25, 0.3) is 0 Å². The van der Waals surface area contributed by atoms with Crippen molar-refractivity contribution < 1.29 is 5.11 Å². The van der Waals surface area contributed by atoms with Crippen molar-refractivity contribution >= 4 is 0 Å². The van der Waals surface area contributed by atoms with Gasteiger partial charge in [0.1, 0.15) is 0 Å².